The molecule has 1 fully saturated rings. The van der Waals surface area contributed by atoms with Crippen molar-refractivity contribution in [2.75, 3.05) is 19.0 Å². The second kappa shape index (κ2) is 10.2. The average Bonchev–Trinajstić information content (AvgIpc) is 2.94. The lowest BCUT2D eigenvalue weighted by Crippen LogP contribution is -2.14. The normalized spacial score (nSPS) is 17.8. The highest BCUT2D eigenvalue weighted by Gasteiger charge is 2.16. The van der Waals surface area contributed by atoms with Crippen LogP contribution >= 0.6 is 21.6 Å². The van der Waals surface area contributed by atoms with Gasteiger partial charge < -0.3 is 9.47 Å². The summed E-state index contributed by atoms with van der Waals surface area (Å²) in [5.74, 6) is 0.466. The van der Waals surface area contributed by atoms with Crippen molar-refractivity contribution in [2.45, 2.75) is 44.3 Å². The Balaban J connectivity index is 2.02. The van der Waals surface area contributed by atoms with Gasteiger partial charge in [0, 0.05) is 17.4 Å². The molecule has 0 aromatic carbocycles. The van der Waals surface area contributed by atoms with Gasteiger partial charge in [0.15, 0.2) is 0 Å². The summed E-state index contributed by atoms with van der Waals surface area (Å²) in [5, 5.41) is 0.750. The topological polar surface area (TPSA) is 52.6 Å². The zero-order valence-electron chi connectivity index (χ0n) is 11.9. The number of hydrogen-bond acceptors (Lipinski definition) is 6. The first kappa shape index (κ1) is 17.4. The molecule has 0 spiro atoms. The van der Waals surface area contributed by atoms with Gasteiger partial charge in [-0.05, 0) is 26.2 Å². The largest absolute Gasteiger partial charge is 0.463 e. The summed E-state index contributed by atoms with van der Waals surface area (Å²) in [6, 6.07) is 0. The Morgan fingerprint density at radius 3 is 2.75 bits per heavy atom. The first-order valence-electron chi connectivity index (χ1n) is 6.92. The fourth-order valence-corrected chi connectivity index (χ4v) is 4.77. The highest BCUT2D eigenvalue weighted by molar-refractivity contribution is 8.77. The summed E-state index contributed by atoms with van der Waals surface area (Å²) >= 11 is 0. The standard InChI is InChI=1S/C14H22O4S2/c1-3-17-14(16)11(2)10-18-13(15)7-5-4-6-12-8-9-19-20-12/h12H,2-10H2,1H3. The second-order valence-electron chi connectivity index (χ2n) is 4.56. The third-order valence-corrected chi connectivity index (χ3v) is 5.86. The van der Waals surface area contributed by atoms with Crippen LogP contribution in [0.1, 0.15) is 39.0 Å². The SMILES string of the molecule is C=C(COC(=O)CCCCC1CCSS1)C(=O)OCC. The van der Waals surface area contributed by atoms with Crippen LogP contribution in [0.3, 0.4) is 0 Å². The molecule has 0 N–H and O–H groups in total. The van der Waals surface area contributed by atoms with E-state index in [-0.39, 0.29) is 18.1 Å². The van der Waals surface area contributed by atoms with E-state index < -0.39 is 5.97 Å². The molecule has 1 aliphatic rings. The van der Waals surface area contributed by atoms with Crippen LogP contribution in [0.25, 0.3) is 0 Å². The van der Waals surface area contributed by atoms with Gasteiger partial charge >= 0.3 is 11.9 Å². The van der Waals surface area contributed by atoms with E-state index in [1.165, 1.54) is 18.6 Å². The van der Waals surface area contributed by atoms with Crippen molar-refractivity contribution in [3.05, 3.63) is 12.2 Å². The minimum absolute atomic E-state index is 0.0766. The molecule has 0 saturated carbocycles. The van der Waals surface area contributed by atoms with Crippen LogP contribution in [-0.4, -0.2) is 36.2 Å². The lowest BCUT2D eigenvalue weighted by Gasteiger charge is -2.08. The summed E-state index contributed by atoms with van der Waals surface area (Å²) in [6.07, 6.45) is 4.73. The molecule has 4 nitrogen and oxygen atoms in total. The van der Waals surface area contributed by atoms with Gasteiger partial charge in [-0.1, -0.05) is 34.6 Å². The third kappa shape index (κ3) is 7.24. The average molecular weight is 318 g/mol. The van der Waals surface area contributed by atoms with Crippen LogP contribution in [0.4, 0.5) is 0 Å². The predicted molar refractivity (Wildman–Crippen MR) is 83.7 cm³/mol. The Morgan fingerprint density at radius 2 is 2.10 bits per heavy atom. The fourth-order valence-electron chi connectivity index (χ4n) is 1.74. The minimum Gasteiger partial charge on any atom is -0.463 e. The van der Waals surface area contributed by atoms with Crippen molar-refractivity contribution < 1.29 is 19.1 Å². The number of ether oxygens (including phenoxy) is 2. The molecule has 6 heteroatoms. The molecule has 1 rings (SSSR count). The number of rotatable bonds is 9. The molecule has 0 aliphatic carbocycles. The number of carbonyl (C=O) groups excluding carboxylic acids is 2. The van der Waals surface area contributed by atoms with Crippen LogP contribution in [0.15, 0.2) is 12.2 Å². The first-order valence-corrected chi connectivity index (χ1v) is 9.30. The third-order valence-electron chi connectivity index (χ3n) is 2.86. The van der Waals surface area contributed by atoms with Crippen molar-refractivity contribution in [1.82, 2.24) is 0 Å². The van der Waals surface area contributed by atoms with Gasteiger partial charge in [0.05, 0.1) is 12.2 Å². The summed E-state index contributed by atoms with van der Waals surface area (Å²) in [4.78, 5) is 22.7. The Labute approximate surface area is 128 Å². The Morgan fingerprint density at radius 1 is 1.30 bits per heavy atom. The van der Waals surface area contributed by atoms with Crippen molar-refractivity contribution in [2.24, 2.45) is 0 Å². The Kier molecular flexibility index (Phi) is 8.85. The first-order chi connectivity index (χ1) is 9.63. The van der Waals surface area contributed by atoms with E-state index in [0.29, 0.717) is 13.0 Å². The van der Waals surface area contributed by atoms with Crippen LogP contribution in [-0.2, 0) is 19.1 Å². The molecule has 114 valence electrons. The maximum absolute atomic E-state index is 11.5. The molecule has 0 aromatic rings. The van der Waals surface area contributed by atoms with E-state index in [9.17, 15) is 9.59 Å². The van der Waals surface area contributed by atoms with Crippen LogP contribution in [0.5, 0.6) is 0 Å². The fraction of sp³-hybridized carbons (Fsp3) is 0.714. The zero-order chi connectivity index (χ0) is 14.8. The summed E-state index contributed by atoms with van der Waals surface area (Å²) in [7, 11) is 3.90. The minimum atomic E-state index is -0.504. The van der Waals surface area contributed by atoms with Crippen molar-refractivity contribution in [3.8, 4) is 0 Å². The van der Waals surface area contributed by atoms with Crippen LogP contribution < -0.4 is 0 Å². The molecule has 0 amide bonds. The van der Waals surface area contributed by atoms with Crippen LogP contribution in [0, 0.1) is 0 Å². The quantitative estimate of drug-likeness (QED) is 0.281. The highest BCUT2D eigenvalue weighted by Crippen LogP contribution is 2.39. The van der Waals surface area contributed by atoms with E-state index in [0.717, 1.165) is 18.1 Å². The molecule has 1 heterocycles. The van der Waals surface area contributed by atoms with E-state index in [1.54, 1.807) is 6.92 Å². The van der Waals surface area contributed by atoms with E-state index in [1.807, 2.05) is 21.6 Å². The lowest BCUT2D eigenvalue weighted by atomic mass is 10.1. The molecular weight excluding hydrogens is 296 g/mol. The maximum atomic E-state index is 11.5. The molecular formula is C14H22O4S2. The predicted octanol–water partition coefficient (Wildman–Crippen LogP) is 3.36. The number of carbonyl (C=O) groups is 2. The molecule has 1 saturated heterocycles. The van der Waals surface area contributed by atoms with Crippen molar-refractivity contribution in [3.63, 3.8) is 0 Å². The van der Waals surface area contributed by atoms with E-state index >= 15 is 0 Å². The molecule has 1 unspecified atom stereocenters. The van der Waals surface area contributed by atoms with Gasteiger partial charge in [-0.25, -0.2) is 4.79 Å². The molecule has 0 aromatic heterocycles. The highest BCUT2D eigenvalue weighted by atomic mass is 33.1. The zero-order valence-corrected chi connectivity index (χ0v) is 13.5. The summed E-state index contributed by atoms with van der Waals surface area (Å²) in [5.41, 5.74) is 0.180. The van der Waals surface area contributed by atoms with E-state index in [2.05, 4.69) is 6.58 Å². The maximum Gasteiger partial charge on any atom is 0.336 e. The van der Waals surface area contributed by atoms with Crippen molar-refractivity contribution >= 4 is 33.5 Å². The lowest BCUT2D eigenvalue weighted by molar-refractivity contribution is -0.144. The molecule has 1 atom stereocenters. The number of esters is 2. The van der Waals surface area contributed by atoms with Gasteiger partial charge in [0.25, 0.3) is 0 Å². The second-order valence-corrected chi connectivity index (χ2v) is 7.35. The molecule has 1 aliphatic heterocycles. The molecule has 0 bridgehead atoms. The van der Waals surface area contributed by atoms with Crippen LogP contribution in [0.2, 0.25) is 0 Å². The number of hydrogen-bond donors (Lipinski definition) is 0. The van der Waals surface area contributed by atoms with Gasteiger partial charge in [-0.3, -0.25) is 4.79 Å². The Hall–Kier alpha value is -0.620. The van der Waals surface area contributed by atoms with Crippen molar-refractivity contribution in [1.29, 1.82) is 0 Å². The summed E-state index contributed by atoms with van der Waals surface area (Å²) < 4.78 is 9.75. The van der Waals surface area contributed by atoms with Gasteiger partial charge in [0.1, 0.15) is 6.61 Å². The van der Waals surface area contributed by atoms with E-state index in [4.69, 9.17) is 9.47 Å². The smallest absolute Gasteiger partial charge is 0.336 e. The summed E-state index contributed by atoms with van der Waals surface area (Å²) in [6.45, 7) is 5.48. The van der Waals surface area contributed by atoms with Gasteiger partial charge in [-0.15, -0.1) is 0 Å². The van der Waals surface area contributed by atoms with Gasteiger partial charge in [-0.2, -0.15) is 0 Å². The molecule has 0 radical (unpaired) electrons. The Bertz CT molecular complexity index is 338. The molecule has 20 heavy (non-hydrogen) atoms. The van der Waals surface area contributed by atoms with Gasteiger partial charge in [0.2, 0.25) is 0 Å². The monoisotopic (exact) mass is 318 g/mol. The number of unbranched alkanes of at least 4 members (excludes halogenated alkanes) is 1.